The summed E-state index contributed by atoms with van der Waals surface area (Å²) in [6.07, 6.45) is -1.45. The number of aliphatic imine (C=N–C) groups is 1. The Morgan fingerprint density at radius 2 is 1.28 bits per heavy atom. The van der Waals surface area contributed by atoms with Gasteiger partial charge in [0, 0.05) is 13.0 Å². The first kappa shape index (κ1) is 32.3. The van der Waals surface area contributed by atoms with E-state index in [1.165, 1.54) is 0 Å². The molecular weight excluding hydrogens is 518 g/mol. The van der Waals surface area contributed by atoms with E-state index in [0.29, 0.717) is 12.0 Å². The summed E-state index contributed by atoms with van der Waals surface area (Å²) in [5.74, 6) is -7.72. The minimum atomic E-state index is -1.88. The molecule has 1 rings (SSSR count). The van der Waals surface area contributed by atoms with Crippen LogP contribution in [0.4, 0.5) is 0 Å². The minimum Gasteiger partial charge on any atom is -0.481 e. The van der Waals surface area contributed by atoms with E-state index >= 15 is 0 Å². The fourth-order valence-electron chi connectivity index (χ4n) is 3.29. The molecule has 0 aliphatic heterocycles. The Morgan fingerprint density at radius 3 is 1.82 bits per heavy atom. The Bertz CT molecular complexity index is 1060. The topological polar surface area (TPSA) is 290 Å². The van der Waals surface area contributed by atoms with Crippen molar-refractivity contribution in [3.05, 3.63) is 35.9 Å². The molecule has 12 N–H and O–H groups in total. The van der Waals surface area contributed by atoms with E-state index < -0.39 is 72.6 Å². The second-order valence-electron chi connectivity index (χ2n) is 8.46. The summed E-state index contributed by atoms with van der Waals surface area (Å²) in [5.41, 5.74) is 17.0. The number of benzene rings is 1. The molecule has 0 heterocycles. The van der Waals surface area contributed by atoms with Crippen molar-refractivity contribution in [2.45, 2.75) is 56.3 Å². The van der Waals surface area contributed by atoms with E-state index in [0.717, 1.165) is 0 Å². The number of hydrogen-bond acceptors (Lipinski definition) is 8. The molecule has 1 aromatic rings. The molecule has 0 radical (unpaired) electrons. The molecule has 0 spiro atoms. The average molecular weight is 552 g/mol. The van der Waals surface area contributed by atoms with Gasteiger partial charge in [0.2, 0.25) is 17.7 Å². The van der Waals surface area contributed by atoms with Crippen LogP contribution in [0.25, 0.3) is 0 Å². The van der Waals surface area contributed by atoms with Crippen molar-refractivity contribution in [2.75, 3.05) is 6.54 Å². The third-order valence-corrected chi connectivity index (χ3v) is 5.23. The molecule has 0 aromatic heterocycles. The maximum atomic E-state index is 13.1. The number of amides is 3. The van der Waals surface area contributed by atoms with Crippen molar-refractivity contribution < 1.29 is 44.1 Å². The lowest BCUT2D eigenvalue weighted by atomic mass is 10.0. The third kappa shape index (κ3) is 12.9. The Kier molecular flexibility index (Phi) is 13.4. The number of guanidine groups is 1. The average Bonchev–Trinajstić information content (AvgIpc) is 2.84. The number of nitrogens with two attached hydrogens (primary N) is 3. The van der Waals surface area contributed by atoms with Crippen LogP contribution in [0.15, 0.2) is 35.3 Å². The van der Waals surface area contributed by atoms with Crippen LogP contribution in [0.2, 0.25) is 0 Å². The van der Waals surface area contributed by atoms with Crippen LogP contribution in [-0.4, -0.2) is 87.6 Å². The number of aliphatic carboxylic acids is 3. The van der Waals surface area contributed by atoms with Gasteiger partial charge in [0.25, 0.3) is 0 Å². The minimum absolute atomic E-state index is 0.0582. The van der Waals surface area contributed by atoms with Crippen LogP contribution >= 0.6 is 0 Å². The van der Waals surface area contributed by atoms with E-state index in [4.69, 9.17) is 27.4 Å². The number of carbonyl (C=O) groups is 6. The Balaban J connectivity index is 3.07. The number of carboxylic acids is 3. The van der Waals surface area contributed by atoms with E-state index in [2.05, 4.69) is 15.6 Å². The number of carboxylic acid groups (broad SMARTS) is 3. The molecule has 0 saturated carbocycles. The second-order valence-corrected chi connectivity index (χ2v) is 8.46. The standard InChI is InChI=1S/C23H33N7O9/c24-13(7-4-8-27-23(25)26)19(35)28-14(9-12-5-2-1-3-6-12)20(36)29-15(10-17(31)32)21(37)30-16(22(38)39)11-18(33)34/h1-3,5-6,13-16H,4,7-11,24H2,(H,28,35)(H,29,36)(H,30,37)(H,31,32)(H,33,34)(H,38,39)(H4,25,26,27). The van der Waals surface area contributed by atoms with E-state index in [9.17, 15) is 33.9 Å². The summed E-state index contributed by atoms with van der Waals surface area (Å²) in [5, 5.41) is 33.8. The maximum absolute atomic E-state index is 13.1. The lowest BCUT2D eigenvalue weighted by molar-refractivity contribution is -0.148. The first-order valence-electron chi connectivity index (χ1n) is 11.7. The molecule has 3 amide bonds. The van der Waals surface area contributed by atoms with E-state index in [-0.39, 0.29) is 25.3 Å². The van der Waals surface area contributed by atoms with Crippen LogP contribution in [0.5, 0.6) is 0 Å². The lowest BCUT2D eigenvalue weighted by Gasteiger charge is -2.24. The predicted molar refractivity (Wildman–Crippen MR) is 136 cm³/mol. The molecule has 0 aliphatic rings. The normalized spacial score (nSPS) is 13.6. The highest BCUT2D eigenvalue weighted by atomic mass is 16.4. The molecule has 4 unspecified atom stereocenters. The number of nitrogens with zero attached hydrogens (tertiary/aromatic N) is 1. The number of hydrogen-bond donors (Lipinski definition) is 9. The molecule has 4 atom stereocenters. The summed E-state index contributed by atoms with van der Waals surface area (Å²) in [6, 6.07) is 2.45. The first-order chi connectivity index (χ1) is 18.3. The summed E-state index contributed by atoms with van der Waals surface area (Å²) >= 11 is 0. The molecule has 214 valence electrons. The molecule has 16 heteroatoms. The van der Waals surface area contributed by atoms with Crippen molar-refractivity contribution in [2.24, 2.45) is 22.2 Å². The van der Waals surface area contributed by atoms with Crippen LogP contribution in [-0.2, 0) is 35.2 Å². The number of nitrogens with one attached hydrogen (secondary N) is 3. The molecular formula is C23H33N7O9. The largest absolute Gasteiger partial charge is 0.481 e. The quantitative estimate of drug-likeness (QED) is 0.0535. The van der Waals surface area contributed by atoms with Crippen molar-refractivity contribution in [3.8, 4) is 0 Å². The Labute approximate surface area is 223 Å². The summed E-state index contributed by atoms with van der Waals surface area (Å²) in [4.78, 5) is 75.8. The Hall–Kier alpha value is -4.73. The highest BCUT2D eigenvalue weighted by Crippen LogP contribution is 2.07. The van der Waals surface area contributed by atoms with Gasteiger partial charge in [0.1, 0.15) is 18.1 Å². The van der Waals surface area contributed by atoms with Gasteiger partial charge in [-0.05, 0) is 18.4 Å². The molecule has 0 fully saturated rings. The van der Waals surface area contributed by atoms with Gasteiger partial charge in [-0.25, -0.2) is 4.79 Å². The maximum Gasteiger partial charge on any atom is 0.326 e. The van der Waals surface area contributed by atoms with Gasteiger partial charge >= 0.3 is 17.9 Å². The van der Waals surface area contributed by atoms with Crippen LogP contribution in [0.3, 0.4) is 0 Å². The molecule has 0 bridgehead atoms. The molecule has 0 saturated heterocycles. The van der Waals surface area contributed by atoms with Gasteiger partial charge in [-0.1, -0.05) is 30.3 Å². The SMILES string of the molecule is NC(N)=NCCCC(N)C(=O)NC(Cc1ccccc1)C(=O)NC(CC(=O)O)C(=O)NC(CC(=O)O)C(=O)O. The zero-order valence-corrected chi connectivity index (χ0v) is 20.9. The fourth-order valence-corrected chi connectivity index (χ4v) is 3.29. The van der Waals surface area contributed by atoms with Crippen molar-refractivity contribution in [1.29, 1.82) is 0 Å². The fraction of sp³-hybridized carbons (Fsp3) is 0.435. The van der Waals surface area contributed by atoms with Crippen LogP contribution in [0.1, 0.15) is 31.2 Å². The summed E-state index contributed by atoms with van der Waals surface area (Å²) < 4.78 is 0. The second kappa shape index (κ2) is 16.2. The zero-order valence-electron chi connectivity index (χ0n) is 20.9. The van der Waals surface area contributed by atoms with Gasteiger partial charge in [-0.15, -0.1) is 0 Å². The highest BCUT2D eigenvalue weighted by Gasteiger charge is 2.32. The van der Waals surface area contributed by atoms with Crippen molar-refractivity contribution in [3.63, 3.8) is 0 Å². The van der Waals surface area contributed by atoms with Gasteiger partial charge in [-0.3, -0.25) is 29.0 Å². The monoisotopic (exact) mass is 551 g/mol. The van der Waals surface area contributed by atoms with Crippen molar-refractivity contribution in [1.82, 2.24) is 16.0 Å². The number of rotatable bonds is 17. The molecule has 1 aromatic carbocycles. The lowest BCUT2D eigenvalue weighted by Crippen LogP contribution is -2.58. The van der Waals surface area contributed by atoms with E-state index in [1.807, 2.05) is 5.32 Å². The van der Waals surface area contributed by atoms with Gasteiger partial charge in [-0.2, -0.15) is 0 Å². The molecule has 39 heavy (non-hydrogen) atoms. The van der Waals surface area contributed by atoms with E-state index in [1.54, 1.807) is 30.3 Å². The predicted octanol–water partition coefficient (Wildman–Crippen LogP) is -2.90. The van der Waals surface area contributed by atoms with Gasteiger partial charge in [0.15, 0.2) is 5.96 Å². The highest BCUT2D eigenvalue weighted by molar-refractivity contribution is 5.96. The van der Waals surface area contributed by atoms with Crippen LogP contribution < -0.4 is 33.2 Å². The molecule has 0 aliphatic carbocycles. The molecule has 16 nitrogen and oxygen atoms in total. The smallest absolute Gasteiger partial charge is 0.326 e. The van der Waals surface area contributed by atoms with Crippen LogP contribution in [0, 0.1) is 0 Å². The first-order valence-corrected chi connectivity index (χ1v) is 11.7. The van der Waals surface area contributed by atoms with Gasteiger partial charge in [0.05, 0.1) is 18.9 Å². The summed E-state index contributed by atoms with van der Waals surface area (Å²) in [6.45, 7) is 0.225. The third-order valence-electron chi connectivity index (χ3n) is 5.23. The number of carbonyl (C=O) groups excluding carboxylic acids is 3. The van der Waals surface area contributed by atoms with Crippen molar-refractivity contribution >= 4 is 41.6 Å². The zero-order chi connectivity index (χ0) is 29.5. The Morgan fingerprint density at radius 1 is 0.769 bits per heavy atom. The van der Waals surface area contributed by atoms with Gasteiger partial charge < -0.3 is 48.5 Å². The summed E-state index contributed by atoms with van der Waals surface area (Å²) in [7, 11) is 0.